The second-order valence-electron chi connectivity index (χ2n) is 4.21. The van der Waals surface area contributed by atoms with Gasteiger partial charge in [0.05, 0.1) is 0 Å². The highest BCUT2D eigenvalue weighted by molar-refractivity contribution is 5.48. The van der Waals surface area contributed by atoms with Gasteiger partial charge in [-0.25, -0.2) is 0 Å². The van der Waals surface area contributed by atoms with Crippen LogP contribution in [0.15, 0.2) is 48.8 Å². The summed E-state index contributed by atoms with van der Waals surface area (Å²) in [6, 6.07) is 12.6. The van der Waals surface area contributed by atoms with Gasteiger partial charge in [0.1, 0.15) is 0 Å². The number of hydrogen-bond donors (Lipinski definition) is 1. The molecule has 1 aromatic carbocycles. The molecule has 88 valence electrons. The van der Waals surface area contributed by atoms with Gasteiger partial charge in [-0.15, -0.1) is 0 Å². The van der Waals surface area contributed by atoms with Crippen LogP contribution in [0.5, 0.6) is 0 Å². The minimum absolute atomic E-state index is 1.000. The van der Waals surface area contributed by atoms with Crippen molar-refractivity contribution in [3.05, 3.63) is 59.9 Å². The molecular weight excluding hydrogens is 208 g/mol. The number of nitrogens with one attached hydrogen (secondary N) is 1. The summed E-state index contributed by atoms with van der Waals surface area (Å²) < 4.78 is 0. The number of anilines is 1. The zero-order valence-corrected chi connectivity index (χ0v) is 10.2. The Bertz CT molecular complexity index is 451. The molecule has 0 aliphatic carbocycles. The Kier molecular flexibility index (Phi) is 4.14. The third-order valence-electron chi connectivity index (χ3n) is 2.82. The van der Waals surface area contributed by atoms with E-state index in [9.17, 15) is 0 Å². The van der Waals surface area contributed by atoms with Crippen molar-refractivity contribution in [3.63, 3.8) is 0 Å². The van der Waals surface area contributed by atoms with Gasteiger partial charge in [0.15, 0.2) is 0 Å². The average molecular weight is 226 g/mol. The lowest BCUT2D eigenvalue weighted by atomic mass is 10.1. The van der Waals surface area contributed by atoms with Gasteiger partial charge >= 0.3 is 0 Å². The summed E-state index contributed by atoms with van der Waals surface area (Å²) in [6.45, 7) is 3.08. The summed E-state index contributed by atoms with van der Waals surface area (Å²) in [5.41, 5.74) is 3.79. The summed E-state index contributed by atoms with van der Waals surface area (Å²) in [6.07, 6.45) is 5.98. The van der Waals surface area contributed by atoms with E-state index in [1.54, 1.807) is 0 Å². The van der Waals surface area contributed by atoms with Crippen LogP contribution >= 0.6 is 0 Å². The largest absolute Gasteiger partial charge is 0.385 e. The molecule has 2 nitrogen and oxygen atoms in total. The van der Waals surface area contributed by atoms with Crippen LogP contribution in [-0.2, 0) is 6.42 Å². The molecule has 1 heterocycles. The quantitative estimate of drug-likeness (QED) is 0.790. The molecule has 0 atom stereocenters. The van der Waals surface area contributed by atoms with Crippen molar-refractivity contribution in [1.82, 2.24) is 4.98 Å². The van der Waals surface area contributed by atoms with E-state index < -0.39 is 0 Å². The number of benzene rings is 1. The van der Waals surface area contributed by atoms with Crippen LogP contribution in [0.2, 0.25) is 0 Å². The summed E-state index contributed by atoms with van der Waals surface area (Å²) in [4.78, 5) is 4.08. The van der Waals surface area contributed by atoms with Crippen LogP contribution in [0.3, 0.4) is 0 Å². The van der Waals surface area contributed by atoms with Crippen LogP contribution in [0, 0.1) is 6.92 Å². The molecule has 0 unspecified atom stereocenters. The molecule has 0 bridgehead atoms. The van der Waals surface area contributed by atoms with Crippen molar-refractivity contribution in [2.45, 2.75) is 19.8 Å². The lowest BCUT2D eigenvalue weighted by molar-refractivity contribution is 0.862. The third kappa shape index (κ3) is 3.59. The molecule has 2 rings (SSSR count). The maximum Gasteiger partial charge on any atom is 0.0400 e. The van der Waals surface area contributed by atoms with Crippen molar-refractivity contribution >= 4 is 5.69 Å². The van der Waals surface area contributed by atoms with Crippen LogP contribution in [0.25, 0.3) is 0 Å². The van der Waals surface area contributed by atoms with E-state index in [1.165, 1.54) is 16.8 Å². The Hall–Kier alpha value is -1.83. The predicted octanol–water partition coefficient (Wildman–Crippen LogP) is 3.43. The Balaban J connectivity index is 1.76. The lowest BCUT2D eigenvalue weighted by Crippen LogP contribution is -2.04. The van der Waals surface area contributed by atoms with E-state index in [2.05, 4.69) is 47.6 Å². The first-order chi connectivity index (χ1) is 8.36. The maximum atomic E-state index is 4.08. The van der Waals surface area contributed by atoms with Gasteiger partial charge in [0.25, 0.3) is 0 Å². The molecule has 0 saturated heterocycles. The molecule has 0 radical (unpaired) electrons. The molecule has 1 aromatic heterocycles. The Morgan fingerprint density at radius 2 is 1.94 bits per heavy atom. The van der Waals surface area contributed by atoms with Crippen LogP contribution in [-0.4, -0.2) is 11.5 Å². The Morgan fingerprint density at radius 1 is 1.12 bits per heavy atom. The first-order valence-corrected chi connectivity index (χ1v) is 6.04. The van der Waals surface area contributed by atoms with Crippen molar-refractivity contribution < 1.29 is 0 Å². The predicted molar refractivity (Wildman–Crippen MR) is 72.2 cm³/mol. The molecule has 0 aliphatic heterocycles. The Morgan fingerprint density at radius 3 is 2.71 bits per heavy atom. The number of aryl methyl sites for hydroxylation is 2. The maximum absolute atomic E-state index is 4.08. The molecule has 0 spiro atoms. The van der Waals surface area contributed by atoms with Crippen molar-refractivity contribution in [3.8, 4) is 0 Å². The monoisotopic (exact) mass is 226 g/mol. The van der Waals surface area contributed by atoms with E-state index in [0.29, 0.717) is 0 Å². The summed E-state index contributed by atoms with van der Waals surface area (Å²) in [7, 11) is 0. The van der Waals surface area contributed by atoms with Gasteiger partial charge in [-0.1, -0.05) is 30.3 Å². The second kappa shape index (κ2) is 6.04. The van der Waals surface area contributed by atoms with E-state index >= 15 is 0 Å². The molecule has 2 aromatic rings. The molecule has 0 saturated carbocycles. The fraction of sp³-hybridized carbons (Fsp3) is 0.267. The van der Waals surface area contributed by atoms with Crippen molar-refractivity contribution in [2.75, 3.05) is 11.9 Å². The van der Waals surface area contributed by atoms with Gasteiger partial charge in [0, 0.05) is 24.6 Å². The fourth-order valence-electron chi connectivity index (χ4n) is 1.83. The van der Waals surface area contributed by atoms with Gasteiger partial charge in [0.2, 0.25) is 0 Å². The Labute approximate surface area is 103 Å². The highest BCUT2D eigenvalue weighted by atomic mass is 14.9. The highest BCUT2D eigenvalue weighted by Crippen LogP contribution is 2.11. The topological polar surface area (TPSA) is 24.9 Å². The van der Waals surface area contributed by atoms with Gasteiger partial charge in [-0.05, 0) is 37.0 Å². The van der Waals surface area contributed by atoms with Gasteiger partial charge in [-0.2, -0.15) is 0 Å². The smallest absolute Gasteiger partial charge is 0.0400 e. The number of aromatic nitrogens is 1. The first kappa shape index (κ1) is 11.6. The fourth-order valence-corrected chi connectivity index (χ4v) is 1.83. The zero-order valence-electron chi connectivity index (χ0n) is 10.2. The molecule has 0 amide bonds. The van der Waals surface area contributed by atoms with Crippen molar-refractivity contribution in [2.24, 2.45) is 0 Å². The third-order valence-corrected chi connectivity index (χ3v) is 2.82. The first-order valence-electron chi connectivity index (χ1n) is 6.04. The van der Waals surface area contributed by atoms with E-state index in [1.807, 2.05) is 18.5 Å². The van der Waals surface area contributed by atoms with Gasteiger partial charge in [-0.3, -0.25) is 4.98 Å². The number of rotatable bonds is 5. The van der Waals surface area contributed by atoms with Crippen molar-refractivity contribution in [1.29, 1.82) is 0 Å². The average Bonchev–Trinajstić information content (AvgIpc) is 2.38. The number of pyridine rings is 1. The zero-order chi connectivity index (χ0) is 11.9. The lowest BCUT2D eigenvalue weighted by Gasteiger charge is -2.08. The number of hydrogen-bond acceptors (Lipinski definition) is 2. The van der Waals surface area contributed by atoms with E-state index in [4.69, 9.17) is 0 Å². The number of nitrogens with zero attached hydrogens (tertiary/aromatic N) is 1. The van der Waals surface area contributed by atoms with Crippen LogP contribution in [0.4, 0.5) is 5.69 Å². The summed E-state index contributed by atoms with van der Waals surface area (Å²) >= 11 is 0. The minimum Gasteiger partial charge on any atom is -0.385 e. The molecule has 0 aliphatic rings. The van der Waals surface area contributed by atoms with Crippen LogP contribution in [0.1, 0.15) is 17.5 Å². The molecule has 1 N–H and O–H groups in total. The second-order valence-corrected chi connectivity index (χ2v) is 4.21. The normalized spacial score (nSPS) is 10.2. The molecular formula is C15H18N2. The minimum atomic E-state index is 1.000. The molecule has 0 fully saturated rings. The van der Waals surface area contributed by atoms with Gasteiger partial charge < -0.3 is 5.32 Å². The standard InChI is InChI=1S/C15H18N2/c1-13-12-16-11-9-15(13)17-10-5-8-14-6-3-2-4-7-14/h2-4,6-7,9,11-12H,5,8,10H2,1H3,(H,16,17). The molecule has 17 heavy (non-hydrogen) atoms. The van der Waals surface area contributed by atoms with E-state index in [0.717, 1.165) is 19.4 Å². The summed E-state index contributed by atoms with van der Waals surface area (Å²) in [5, 5.41) is 3.44. The van der Waals surface area contributed by atoms with E-state index in [-0.39, 0.29) is 0 Å². The highest BCUT2D eigenvalue weighted by Gasteiger charge is 1.96. The summed E-state index contributed by atoms with van der Waals surface area (Å²) in [5.74, 6) is 0. The van der Waals surface area contributed by atoms with Crippen LogP contribution < -0.4 is 5.32 Å². The SMILES string of the molecule is Cc1cnccc1NCCCc1ccccc1. The molecule has 2 heteroatoms.